The van der Waals surface area contributed by atoms with Crippen molar-refractivity contribution in [1.82, 2.24) is 0 Å². The fraction of sp³-hybridized carbons (Fsp3) is 0.300. The molecular formula is C10H11NO3S. The van der Waals surface area contributed by atoms with E-state index in [0.717, 1.165) is 0 Å². The van der Waals surface area contributed by atoms with Gasteiger partial charge in [0.05, 0.1) is 10.7 Å². The van der Waals surface area contributed by atoms with Crippen molar-refractivity contribution in [2.75, 3.05) is 12.0 Å². The molecule has 0 heterocycles. The molecule has 0 saturated carbocycles. The second-order valence-electron chi connectivity index (χ2n) is 3.11. The van der Waals surface area contributed by atoms with Crippen molar-refractivity contribution >= 4 is 23.2 Å². The smallest absolute Gasteiger partial charge is 0.269 e. The summed E-state index contributed by atoms with van der Waals surface area (Å²) in [5, 5.41) is 10.5. The summed E-state index contributed by atoms with van der Waals surface area (Å²) in [6.45, 7) is 1.71. The Morgan fingerprint density at radius 3 is 2.67 bits per heavy atom. The van der Waals surface area contributed by atoms with Crippen LogP contribution in [0.15, 0.2) is 18.2 Å². The highest BCUT2D eigenvalue weighted by Gasteiger charge is 2.12. The number of hydrogen-bond donors (Lipinski definition) is 0. The lowest BCUT2D eigenvalue weighted by Gasteiger charge is -2.03. The van der Waals surface area contributed by atoms with Crippen LogP contribution in [0.1, 0.15) is 15.9 Å². The van der Waals surface area contributed by atoms with Crippen LogP contribution in [-0.2, 0) is 0 Å². The van der Waals surface area contributed by atoms with E-state index in [-0.39, 0.29) is 11.5 Å². The van der Waals surface area contributed by atoms with Gasteiger partial charge in [-0.2, -0.15) is 11.8 Å². The van der Waals surface area contributed by atoms with Crippen LogP contribution >= 0.6 is 11.8 Å². The van der Waals surface area contributed by atoms with Gasteiger partial charge in [-0.25, -0.2) is 0 Å². The number of benzene rings is 1. The highest BCUT2D eigenvalue weighted by molar-refractivity contribution is 7.99. The standard InChI is InChI=1S/C10H11NO3S/c1-7-5-8(11(13)14)3-4-9(7)10(12)6-15-2/h3-5H,6H2,1-2H3. The molecule has 80 valence electrons. The van der Waals surface area contributed by atoms with Gasteiger partial charge < -0.3 is 0 Å². The summed E-state index contributed by atoms with van der Waals surface area (Å²) in [6.07, 6.45) is 1.85. The quantitative estimate of drug-likeness (QED) is 0.448. The summed E-state index contributed by atoms with van der Waals surface area (Å²) in [5.74, 6) is 0.411. The third kappa shape index (κ3) is 2.79. The number of Topliss-reactive ketones (excluding diaryl/α,β-unsaturated/α-hetero) is 1. The summed E-state index contributed by atoms with van der Waals surface area (Å²) < 4.78 is 0. The Hall–Kier alpha value is -1.36. The highest BCUT2D eigenvalue weighted by Crippen LogP contribution is 2.18. The zero-order chi connectivity index (χ0) is 11.4. The van der Waals surface area contributed by atoms with Crippen LogP contribution < -0.4 is 0 Å². The first kappa shape index (κ1) is 11.7. The number of non-ortho nitro benzene ring substituents is 1. The monoisotopic (exact) mass is 225 g/mol. The molecule has 0 amide bonds. The number of nitro benzene ring substituents is 1. The maximum atomic E-state index is 11.6. The number of rotatable bonds is 4. The molecule has 4 nitrogen and oxygen atoms in total. The number of carbonyl (C=O) groups excluding carboxylic acids is 1. The van der Waals surface area contributed by atoms with Crippen molar-refractivity contribution in [3.8, 4) is 0 Å². The topological polar surface area (TPSA) is 60.2 Å². The van der Waals surface area contributed by atoms with Crippen molar-refractivity contribution in [2.45, 2.75) is 6.92 Å². The molecule has 0 aliphatic carbocycles. The third-order valence-electron chi connectivity index (χ3n) is 2.00. The first-order valence-corrected chi connectivity index (χ1v) is 5.73. The SMILES string of the molecule is CSCC(=O)c1ccc([N+](=O)[O-])cc1C. The van der Waals surface area contributed by atoms with Gasteiger partial charge in [0.1, 0.15) is 0 Å². The predicted octanol–water partition coefficient (Wildman–Crippen LogP) is 2.45. The lowest BCUT2D eigenvalue weighted by molar-refractivity contribution is -0.384. The molecule has 5 heteroatoms. The molecule has 0 atom stereocenters. The van der Waals surface area contributed by atoms with Crippen molar-refractivity contribution in [1.29, 1.82) is 0 Å². The van der Waals surface area contributed by atoms with Crippen molar-refractivity contribution in [3.05, 3.63) is 39.4 Å². The number of nitro groups is 1. The van der Waals surface area contributed by atoms with Crippen molar-refractivity contribution in [3.63, 3.8) is 0 Å². The van der Waals surface area contributed by atoms with Gasteiger partial charge in [0, 0.05) is 17.7 Å². The molecule has 0 N–H and O–H groups in total. The minimum Gasteiger partial charge on any atom is -0.293 e. The van der Waals surface area contributed by atoms with E-state index in [1.54, 1.807) is 6.92 Å². The van der Waals surface area contributed by atoms with Gasteiger partial charge in [-0.1, -0.05) is 0 Å². The zero-order valence-corrected chi connectivity index (χ0v) is 9.34. The summed E-state index contributed by atoms with van der Waals surface area (Å²) >= 11 is 1.44. The minimum absolute atomic E-state index is 0.00916. The fourth-order valence-electron chi connectivity index (χ4n) is 1.28. The minimum atomic E-state index is -0.462. The number of aryl methyl sites for hydroxylation is 1. The van der Waals surface area contributed by atoms with Gasteiger partial charge >= 0.3 is 0 Å². The molecule has 0 aliphatic rings. The van der Waals surface area contributed by atoms with Gasteiger partial charge in [0.25, 0.3) is 5.69 Å². The molecule has 1 aromatic carbocycles. The summed E-state index contributed by atoms with van der Waals surface area (Å²) in [7, 11) is 0. The summed E-state index contributed by atoms with van der Waals surface area (Å²) in [6, 6.07) is 4.31. The summed E-state index contributed by atoms with van der Waals surface area (Å²) in [5.41, 5.74) is 1.24. The normalized spacial score (nSPS) is 10.0. The zero-order valence-electron chi connectivity index (χ0n) is 8.52. The molecular weight excluding hydrogens is 214 g/mol. The largest absolute Gasteiger partial charge is 0.293 e. The third-order valence-corrected chi connectivity index (χ3v) is 2.55. The predicted molar refractivity (Wildman–Crippen MR) is 60.5 cm³/mol. The van der Waals surface area contributed by atoms with E-state index in [1.807, 2.05) is 6.26 Å². The Morgan fingerprint density at radius 1 is 1.53 bits per heavy atom. The number of nitrogens with zero attached hydrogens (tertiary/aromatic N) is 1. The van der Waals surface area contributed by atoms with Crippen LogP contribution in [0, 0.1) is 17.0 Å². The number of ketones is 1. The van der Waals surface area contributed by atoms with Crippen molar-refractivity contribution < 1.29 is 9.72 Å². The molecule has 0 bridgehead atoms. The number of hydrogen-bond acceptors (Lipinski definition) is 4. The van der Waals surface area contributed by atoms with Crippen LogP contribution in [0.2, 0.25) is 0 Å². The van der Waals surface area contributed by atoms with Crippen LogP contribution in [0.25, 0.3) is 0 Å². The molecule has 1 rings (SSSR count). The van der Waals surface area contributed by atoms with E-state index >= 15 is 0 Å². The van der Waals surface area contributed by atoms with Crippen LogP contribution in [0.5, 0.6) is 0 Å². The first-order valence-electron chi connectivity index (χ1n) is 4.33. The highest BCUT2D eigenvalue weighted by atomic mass is 32.2. The Balaban J connectivity index is 3.03. The first-order chi connectivity index (χ1) is 7.06. The van der Waals surface area contributed by atoms with Gasteiger partial charge in [-0.05, 0) is 24.8 Å². The second-order valence-corrected chi connectivity index (χ2v) is 3.98. The average Bonchev–Trinajstić information content (AvgIpc) is 2.17. The van der Waals surface area contributed by atoms with Crippen LogP contribution in [-0.4, -0.2) is 22.7 Å². The van der Waals surface area contributed by atoms with Crippen LogP contribution in [0.3, 0.4) is 0 Å². The molecule has 15 heavy (non-hydrogen) atoms. The Bertz CT molecular complexity index is 404. The lowest BCUT2D eigenvalue weighted by Crippen LogP contribution is -2.04. The Morgan fingerprint density at radius 2 is 2.20 bits per heavy atom. The lowest BCUT2D eigenvalue weighted by atomic mass is 10.1. The van der Waals surface area contributed by atoms with Gasteiger partial charge in [-0.15, -0.1) is 0 Å². The Kier molecular flexibility index (Phi) is 3.85. The number of carbonyl (C=O) groups is 1. The number of thioether (sulfide) groups is 1. The maximum absolute atomic E-state index is 11.6. The maximum Gasteiger partial charge on any atom is 0.269 e. The van der Waals surface area contributed by atoms with Gasteiger partial charge in [-0.3, -0.25) is 14.9 Å². The average molecular weight is 225 g/mol. The molecule has 0 spiro atoms. The Labute approximate surface area is 91.8 Å². The molecule has 0 unspecified atom stereocenters. The molecule has 1 aromatic rings. The van der Waals surface area contributed by atoms with E-state index < -0.39 is 4.92 Å². The van der Waals surface area contributed by atoms with Gasteiger partial charge in [0.15, 0.2) is 5.78 Å². The van der Waals surface area contributed by atoms with Crippen molar-refractivity contribution in [2.24, 2.45) is 0 Å². The molecule has 0 saturated heterocycles. The van der Waals surface area contributed by atoms with E-state index in [9.17, 15) is 14.9 Å². The van der Waals surface area contributed by atoms with E-state index in [2.05, 4.69) is 0 Å². The van der Waals surface area contributed by atoms with E-state index in [1.165, 1.54) is 30.0 Å². The van der Waals surface area contributed by atoms with E-state index in [0.29, 0.717) is 16.9 Å². The van der Waals surface area contributed by atoms with Crippen LogP contribution in [0.4, 0.5) is 5.69 Å². The van der Waals surface area contributed by atoms with Gasteiger partial charge in [0.2, 0.25) is 0 Å². The second kappa shape index (κ2) is 4.93. The molecule has 0 aliphatic heterocycles. The molecule has 0 fully saturated rings. The molecule has 0 radical (unpaired) electrons. The van der Waals surface area contributed by atoms with E-state index in [4.69, 9.17) is 0 Å². The fourth-order valence-corrected chi connectivity index (χ4v) is 1.70. The molecule has 0 aromatic heterocycles. The summed E-state index contributed by atoms with van der Waals surface area (Å²) in [4.78, 5) is 21.6.